The van der Waals surface area contributed by atoms with E-state index in [1.54, 1.807) is 11.6 Å². The van der Waals surface area contributed by atoms with Gasteiger partial charge >= 0.3 is 5.97 Å². The molecule has 0 N–H and O–H groups in total. The molecule has 0 aromatic carbocycles. The number of ether oxygens (including phenoxy) is 1. The van der Waals surface area contributed by atoms with Gasteiger partial charge in [-0.2, -0.15) is 0 Å². The maximum absolute atomic E-state index is 13.0. The topological polar surface area (TPSA) is 26.3 Å². The van der Waals surface area contributed by atoms with Crippen molar-refractivity contribution in [3.63, 3.8) is 0 Å². The van der Waals surface area contributed by atoms with Gasteiger partial charge in [-0.1, -0.05) is 120 Å². The predicted octanol–water partition coefficient (Wildman–Crippen LogP) is 13.1. The van der Waals surface area contributed by atoms with Crippen LogP contribution in [0.2, 0.25) is 0 Å². The van der Waals surface area contributed by atoms with Crippen LogP contribution in [0.15, 0.2) is 70.9 Å². The third kappa shape index (κ3) is 8.43. The second kappa shape index (κ2) is 15.4. The Morgan fingerprint density at radius 2 is 1.75 bits per heavy atom. The zero-order chi connectivity index (χ0) is 34.7. The molecule has 3 saturated carbocycles. The highest BCUT2D eigenvalue weighted by atomic mass is 16.5. The van der Waals surface area contributed by atoms with Gasteiger partial charge in [0, 0.05) is 17.9 Å². The second-order valence-electron chi connectivity index (χ2n) is 18.4. The van der Waals surface area contributed by atoms with E-state index in [0.29, 0.717) is 5.41 Å². The first-order valence-corrected chi connectivity index (χ1v) is 20.0. The van der Waals surface area contributed by atoms with Crippen LogP contribution in [0.5, 0.6) is 0 Å². The van der Waals surface area contributed by atoms with Gasteiger partial charge in [0.25, 0.3) is 0 Å². The van der Waals surface area contributed by atoms with Gasteiger partial charge in [0.1, 0.15) is 6.10 Å². The van der Waals surface area contributed by atoms with E-state index >= 15 is 0 Å². The SMILES string of the molecule is CC1=CC(C)(/C=C/C(C)=C/C=C/C(C)=C/C(=O)O[C@H]2CC[C@@]3(C)C(=CCC4C3CC[C@@]3(C)C4CC[C@@H]3[C@H](C)CCCC(C)C)C2)CCC1. The minimum atomic E-state index is -0.194. The highest BCUT2D eigenvalue weighted by Crippen LogP contribution is 2.67. The van der Waals surface area contributed by atoms with Crippen molar-refractivity contribution in [2.45, 2.75) is 158 Å². The quantitative estimate of drug-likeness (QED) is 0.0959. The Kier molecular flexibility index (Phi) is 11.9. The van der Waals surface area contributed by atoms with E-state index in [0.717, 1.165) is 60.3 Å². The maximum Gasteiger partial charge on any atom is 0.331 e. The number of esters is 1. The standard InChI is InChI=1S/C46H70O2/c1-32(2)13-10-17-36(6)40-20-21-41-39-19-18-37-30-38(23-27-45(37,8)42(39)24-28-46(40,41)9)48-43(47)29-34(4)15-11-14-33(3)22-26-44(7)25-12-16-35(5)31-44/h11,14-15,18,22,26,29,31-32,36,38-42H,10,12-13,16-17,19-21,23-25,27-28,30H2,1-9H3/b15-11+,26-22+,33-14+,34-29+/t36-,38+,39?,40-,41?,42?,44?,45+,46-/m1/s1. The molecule has 0 radical (unpaired) electrons. The van der Waals surface area contributed by atoms with Gasteiger partial charge in [0.05, 0.1) is 0 Å². The van der Waals surface area contributed by atoms with Gasteiger partial charge in [0.15, 0.2) is 0 Å². The highest BCUT2D eigenvalue weighted by molar-refractivity contribution is 5.83. The molecule has 2 nitrogen and oxygen atoms in total. The zero-order valence-corrected chi connectivity index (χ0v) is 32.4. The third-order valence-electron chi connectivity index (χ3n) is 14.2. The van der Waals surface area contributed by atoms with Crippen LogP contribution in [0, 0.1) is 51.8 Å². The monoisotopic (exact) mass is 655 g/mol. The van der Waals surface area contributed by atoms with E-state index in [4.69, 9.17) is 4.74 Å². The molecule has 0 heterocycles. The number of carbonyl (C=O) groups is 1. The molecular weight excluding hydrogens is 585 g/mol. The number of rotatable bonds is 11. The fourth-order valence-electron chi connectivity index (χ4n) is 11.5. The molecule has 9 atom stereocenters. The molecule has 0 aromatic heterocycles. The van der Waals surface area contributed by atoms with Gasteiger partial charge in [-0.3, -0.25) is 0 Å². The van der Waals surface area contributed by atoms with Gasteiger partial charge in [-0.15, -0.1) is 0 Å². The molecule has 0 bridgehead atoms. The predicted molar refractivity (Wildman–Crippen MR) is 204 cm³/mol. The van der Waals surface area contributed by atoms with E-state index in [9.17, 15) is 4.79 Å². The fourth-order valence-corrected chi connectivity index (χ4v) is 11.5. The Balaban J connectivity index is 1.14. The summed E-state index contributed by atoms with van der Waals surface area (Å²) in [6.45, 7) is 21.3. The van der Waals surface area contributed by atoms with Gasteiger partial charge in [0.2, 0.25) is 0 Å². The smallest absolute Gasteiger partial charge is 0.331 e. The molecule has 0 saturated heterocycles. The summed E-state index contributed by atoms with van der Waals surface area (Å²) in [7, 11) is 0. The summed E-state index contributed by atoms with van der Waals surface area (Å²) < 4.78 is 6.10. The summed E-state index contributed by atoms with van der Waals surface area (Å²) in [5, 5.41) is 0. The fraction of sp³-hybridized carbons (Fsp3) is 0.717. The van der Waals surface area contributed by atoms with Crippen molar-refractivity contribution >= 4 is 5.97 Å². The average Bonchev–Trinajstić information content (AvgIpc) is 3.37. The van der Waals surface area contributed by atoms with Crippen LogP contribution in [0.1, 0.15) is 152 Å². The molecular formula is C46H70O2. The molecule has 5 aliphatic rings. The third-order valence-corrected chi connectivity index (χ3v) is 14.2. The lowest BCUT2D eigenvalue weighted by atomic mass is 9.47. The van der Waals surface area contributed by atoms with Crippen LogP contribution in [0.4, 0.5) is 0 Å². The maximum atomic E-state index is 13.0. The Morgan fingerprint density at radius 3 is 2.50 bits per heavy atom. The first kappa shape index (κ1) is 37.2. The van der Waals surface area contributed by atoms with Crippen LogP contribution < -0.4 is 0 Å². The molecule has 0 aliphatic heterocycles. The van der Waals surface area contributed by atoms with E-state index < -0.39 is 0 Å². The molecule has 0 spiro atoms. The highest BCUT2D eigenvalue weighted by Gasteiger charge is 2.59. The molecule has 3 fully saturated rings. The number of hydrogen-bond acceptors (Lipinski definition) is 2. The Labute approximate surface area is 295 Å². The van der Waals surface area contributed by atoms with Crippen LogP contribution in [0.3, 0.4) is 0 Å². The second-order valence-corrected chi connectivity index (χ2v) is 18.4. The molecule has 48 heavy (non-hydrogen) atoms. The van der Waals surface area contributed by atoms with Crippen LogP contribution >= 0.6 is 0 Å². The summed E-state index contributed by atoms with van der Waals surface area (Å²) in [5.74, 6) is 4.92. The van der Waals surface area contributed by atoms with Gasteiger partial charge in [-0.25, -0.2) is 4.79 Å². The minimum absolute atomic E-state index is 0.00364. The van der Waals surface area contributed by atoms with Crippen molar-refractivity contribution in [3.05, 3.63) is 70.9 Å². The molecule has 0 aromatic rings. The van der Waals surface area contributed by atoms with Gasteiger partial charge < -0.3 is 4.74 Å². The molecule has 0 amide bonds. The number of allylic oxidation sites excluding steroid dienone is 10. The van der Waals surface area contributed by atoms with Crippen molar-refractivity contribution in [2.75, 3.05) is 0 Å². The van der Waals surface area contributed by atoms with Crippen molar-refractivity contribution in [3.8, 4) is 0 Å². The summed E-state index contributed by atoms with van der Waals surface area (Å²) in [5.41, 5.74) is 6.21. The Bertz CT molecular complexity index is 1340. The lowest BCUT2D eigenvalue weighted by Crippen LogP contribution is -2.51. The number of hydrogen-bond donors (Lipinski definition) is 0. The first-order chi connectivity index (χ1) is 22.7. The van der Waals surface area contributed by atoms with Crippen molar-refractivity contribution in [2.24, 2.45) is 51.8 Å². The van der Waals surface area contributed by atoms with Crippen molar-refractivity contribution in [1.29, 1.82) is 0 Å². The Morgan fingerprint density at radius 1 is 0.958 bits per heavy atom. The molecule has 5 rings (SSSR count). The summed E-state index contributed by atoms with van der Waals surface area (Å²) in [6.07, 6.45) is 35.4. The van der Waals surface area contributed by atoms with Gasteiger partial charge in [-0.05, 0) is 137 Å². The molecule has 2 heteroatoms. The van der Waals surface area contributed by atoms with Crippen LogP contribution in [-0.2, 0) is 9.53 Å². The molecule has 4 unspecified atom stereocenters. The number of carbonyl (C=O) groups excluding carboxylic acids is 1. The summed E-state index contributed by atoms with van der Waals surface area (Å²) in [6, 6.07) is 0. The van der Waals surface area contributed by atoms with E-state index in [-0.39, 0.29) is 22.9 Å². The van der Waals surface area contributed by atoms with Crippen molar-refractivity contribution < 1.29 is 9.53 Å². The van der Waals surface area contributed by atoms with E-state index in [1.807, 2.05) is 19.1 Å². The first-order valence-electron chi connectivity index (χ1n) is 20.0. The Hall–Kier alpha value is -2.09. The zero-order valence-electron chi connectivity index (χ0n) is 32.4. The summed E-state index contributed by atoms with van der Waals surface area (Å²) >= 11 is 0. The lowest BCUT2D eigenvalue weighted by Gasteiger charge is -2.58. The van der Waals surface area contributed by atoms with E-state index in [1.165, 1.54) is 81.8 Å². The molecule has 266 valence electrons. The lowest BCUT2D eigenvalue weighted by molar-refractivity contribution is -0.145. The van der Waals surface area contributed by atoms with E-state index in [2.05, 4.69) is 85.8 Å². The van der Waals surface area contributed by atoms with Crippen LogP contribution in [0.25, 0.3) is 0 Å². The normalized spacial score (nSPS) is 38.0. The van der Waals surface area contributed by atoms with Crippen LogP contribution in [-0.4, -0.2) is 12.1 Å². The molecule has 5 aliphatic carbocycles. The number of fused-ring (bicyclic) bond motifs is 5. The van der Waals surface area contributed by atoms with Crippen molar-refractivity contribution in [1.82, 2.24) is 0 Å². The average molecular weight is 655 g/mol. The summed E-state index contributed by atoms with van der Waals surface area (Å²) in [4.78, 5) is 13.0. The minimum Gasteiger partial charge on any atom is -0.459 e. The largest absolute Gasteiger partial charge is 0.459 e.